The van der Waals surface area contributed by atoms with Crippen LogP contribution in [-0.4, -0.2) is 70.5 Å². The van der Waals surface area contributed by atoms with Crippen molar-refractivity contribution in [2.24, 2.45) is 11.8 Å². The van der Waals surface area contributed by atoms with E-state index in [9.17, 15) is 24.2 Å². The van der Waals surface area contributed by atoms with Crippen molar-refractivity contribution in [1.29, 1.82) is 0 Å². The molecule has 34 heavy (non-hydrogen) atoms. The van der Waals surface area contributed by atoms with Crippen molar-refractivity contribution in [3.05, 3.63) is 35.8 Å². The molecule has 0 spiro atoms. The zero-order valence-corrected chi connectivity index (χ0v) is 20.1. The molecule has 1 saturated heterocycles. The Hall–Kier alpha value is -2.78. The van der Waals surface area contributed by atoms with Crippen LogP contribution in [0.15, 0.2) is 24.4 Å². The van der Waals surface area contributed by atoms with Gasteiger partial charge in [0.05, 0.1) is 37.1 Å². The van der Waals surface area contributed by atoms with Gasteiger partial charge < -0.3 is 24.6 Å². The molecule has 1 aliphatic rings. The molecule has 1 fully saturated rings. The van der Waals surface area contributed by atoms with Crippen LogP contribution in [0.3, 0.4) is 0 Å². The molecule has 0 aliphatic carbocycles. The summed E-state index contributed by atoms with van der Waals surface area (Å²) in [6.45, 7) is 5.49. The number of Topliss-reactive ketones (excluding diaryl/α,β-unsaturated/α-hetero) is 1. The second-order valence-electron chi connectivity index (χ2n) is 9.71. The maximum atomic E-state index is 14.7. The Labute approximate surface area is 198 Å². The first kappa shape index (κ1) is 25.8. The Kier molecular flexibility index (Phi) is 8.09. The molecule has 3 atom stereocenters. The number of methoxy groups -OCH3 is 1. The van der Waals surface area contributed by atoms with Crippen molar-refractivity contribution in [1.82, 2.24) is 9.88 Å². The number of fused-ring (bicyclic) bond motifs is 1. The minimum absolute atomic E-state index is 0.0330. The van der Waals surface area contributed by atoms with Crippen LogP contribution in [0.25, 0.3) is 10.9 Å². The summed E-state index contributed by atoms with van der Waals surface area (Å²) >= 11 is 0. The average molecular weight is 477 g/mol. The first-order valence-corrected chi connectivity index (χ1v) is 11.5. The summed E-state index contributed by atoms with van der Waals surface area (Å²) in [5.74, 6) is -1.13. The van der Waals surface area contributed by atoms with E-state index in [2.05, 4.69) is 4.98 Å². The molecule has 1 aromatic heterocycles. The van der Waals surface area contributed by atoms with Gasteiger partial charge in [0.1, 0.15) is 11.4 Å². The minimum Gasteiger partial charge on any atom is -0.497 e. The number of pyridine rings is 1. The zero-order chi connectivity index (χ0) is 25.0. The summed E-state index contributed by atoms with van der Waals surface area (Å²) in [4.78, 5) is 31.2. The number of carbonyl (C=O) groups excluding carboxylic acids is 2. The minimum atomic E-state index is -1.05. The van der Waals surface area contributed by atoms with Gasteiger partial charge >= 0.3 is 6.09 Å². The van der Waals surface area contributed by atoms with Crippen molar-refractivity contribution in [2.45, 2.75) is 51.7 Å². The Morgan fingerprint density at radius 1 is 1.32 bits per heavy atom. The fraction of sp³-hybridized carbons (Fsp3) is 0.560. The number of nitrogens with zero attached hydrogens (tertiary/aromatic N) is 2. The fourth-order valence-electron chi connectivity index (χ4n) is 4.45. The number of ether oxygens (including phenoxy) is 2. The van der Waals surface area contributed by atoms with Crippen LogP contribution in [0.2, 0.25) is 0 Å². The standard InChI is InChI=1S/C25H33FN2O6/c1-25(2,3)34-24(32)28-10-9-15(18(13-28)22(31)14-29)5-8-21(30)23-17-11-16(33-4)6-7-20(17)27-12-19(23)26/h6-7,11-12,15,18,22,29,31H,5,8-10,13-14H2,1-4H3/t15-,18+,22?/m1/s1. The summed E-state index contributed by atoms with van der Waals surface area (Å²) in [6, 6.07) is 4.96. The van der Waals surface area contributed by atoms with Gasteiger partial charge in [-0.15, -0.1) is 0 Å². The summed E-state index contributed by atoms with van der Waals surface area (Å²) in [5.41, 5.74) is -0.190. The zero-order valence-electron chi connectivity index (χ0n) is 20.1. The molecule has 1 aliphatic heterocycles. The Bertz CT molecular complexity index is 1040. The van der Waals surface area contributed by atoms with Crippen LogP contribution < -0.4 is 4.74 Å². The molecule has 2 aromatic rings. The molecular formula is C25H33FN2O6. The molecule has 186 valence electrons. The fourth-order valence-corrected chi connectivity index (χ4v) is 4.45. The van der Waals surface area contributed by atoms with Crippen molar-refractivity contribution in [3.63, 3.8) is 0 Å². The average Bonchev–Trinajstić information content (AvgIpc) is 2.80. The van der Waals surface area contributed by atoms with Crippen molar-refractivity contribution < 1.29 is 33.7 Å². The number of benzene rings is 1. The quantitative estimate of drug-likeness (QED) is 0.588. The number of halogens is 1. The molecule has 1 aromatic carbocycles. The van der Waals surface area contributed by atoms with Gasteiger partial charge in [0, 0.05) is 30.8 Å². The lowest BCUT2D eigenvalue weighted by atomic mass is 9.78. The molecule has 0 saturated carbocycles. The van der Waals surface area contributed by atoms with E-state index in [1.165, 1.54) is 12.0 Å². The lowest BCUT2D eigenvalue weighted by Gasteiger charge is -2.40. The summed E-state index contributed by atoms with van der Waals surface area (Å²) < 4.78 is 25.3. The van der Waals surface area contributed by atoms with Gasteiger partial charge in [-0.1, -0.05) is 0 Å². The number of aromatic nitrogens is 1. The lowest BCUT2D eigenvalue weighted by Crippen LogP contribution is -2.49. The second-order valence-corrected chi connectivity index (χ2v) is 9.71. The third-order valence-corrected chi connectivity index (χ3v) is 6.19. The van der Waals surface area contributed by atoms with E-state index in [-0.39, 0.29) is 30.2 Å². The number of carbonyl (C=O) groups is 2. The van der Waals surface area contributed by atoms with Gasteiger partial charge in [-0.2, -0.15) is 0 Å². The predicted molar refractivity (Wildman–Crippen MR) is 124 cm³/mol. The molecule has 2 heterocycles. The van der Waals surface area contributed by atoms with E-state index in [4.69, 9.17) is 9.47 Å². The number of piperidine rings is 1. The molecule has 9 heteroatoms. The summed E-state index contributed by atoms with van der Waals surface area (Å²) in [6.07, 6.45) is 0.487. The van der Waals surface area contributed by atoms with Gasteiger partial charge in [-0.3, -0.25) is 9.78 Å². The molecule has 0 bridgehead atoms. The largest absolute Gasteiger partial charge is 0.497 e. The third-order valence-electron chi connectivity index (χ3n) is 6.19. The molecule has 0 radical (unpaired) electrons. The number of ketones is 1. The maximum absolute atomic E-state index is 14.7. The van der Waals surface area contributed by atoms with Crippen LogP contribution in [-0.2, 0) is 4.74 Å². The van der Waals surface area contributed by atoms with Gasteiger partial charge in [-0.05, 0) is 57.7 Å². The Balaban J connectivity index is 1.75. The van der Waals surface area contributed by atoms with Crippen molar-refractivity contribution in [3.8, 4) is 5.75 Å². The maximum Gasteiger partial charge on any atom is 0.410 e. The van der Waals surface area contributed by atoms with E-state index >= 15 is 0 Å². The Morgan fingerprint density at radius 2 is 2.06 bits per heavy atom. The first-order valence-electron chi connectivity index (χ1n) is 11.5. The van der Waals surface area contributed by atoms with Crippen LogP contribution in [0.1, 0.15) is 50.4 Å². The van der Waals surface area contributed by atoms with E-state index in [0.29, 0.717) is 36.0 Å². The van der Waals surface area contributed by atoms with Crippen molar-refractivity contribution >= 4 is 22.8 Å². The molecule has 1 unspecified atom stereocenters. The number of aliphatic hydroxyl groups is 2. The summed E-state index contributed by atoms with van der Waals surface area (Å²) in [7, 11) is 1.49. The van der Waals surface area contributed by atoms with E-state index < -0.39 is 36.1 Å². The highest BCUT2D eigenvalue weighted by Crippen LogP contribution is 2.33. The van der Waals surface area contributed by atoms with Crippen LogP contribution in [0, 0.1) is 17.7 Å². The lowest BCUT2D eigenvalue weighted by molar-refractivity contribution is -0.0305. The number of amides is 1. The number of likely N-dealkylation sites (tertiary alicyclic amines) is 1. The molecule has 3 rings (SSSR count). The van der Waals surface area contributed by atoms with Gasteiger partial charge in [-0.25, -0.2) is 9.18 Å². The van der Waals surface area contributed by atoms with E-state index in [0.717, 1.165) is 6.20 Å². The van der Waals surface area contributed by atoms with Gasteiger partial charge in [0.25, 0.3) is 0 Å². The van der Waals surface area contributed by atoms with Crippen LogP contribution in [0.4, 0.5) is 9.18 Å². The highest BCUT2D eigenvalue weighted by molar-refractivity contribution is 6.07. The SMILES string of the molecule is COc1ccc2ncc(F)c(C(=O)CC[C@@H]3CCN(C(=O)OC(C)(C)C)C[C@@H]3C(O)CO)c2c1. The first-order chi connectivity index (χ1) is 16.0. The van der Waals surface area contributed by atoms with Crippen LogP contribution >= 0.6 is 0 Å². The molecule has 8 nitrogen and oxygen atoms in total. The number of hydrogen-bond donors (Lipinski definition) is 2. The topological polar surface area (TPSA) is 109 Å². The normalized spacial score (nSPS) is 19.7. The smallest absolute Gasteiger partial charge is 0.410 e. The molecular weight excluding hydrogens is 443 g/mol. The highest BCUT2D eigenvalue weighted by Gasteiger charge is 2.37. The number of rotatable bonds is 7. The van der Waals surface area contributed by atoms with E-state index in [1.54, 1.807) is 39.0 Å². The van der Waals surface area contributed by atoms with Crippen molar-refractivity contribution in [2.75, 3.05) is 26.8 Å². The third kappa shape index (κ3) is 6.01. The van der Waals surface area contributed by atoms with Crippen LogP contribution in [0.5, 0.6) is 5.75 Å². The second kappa shape index (κ2) is 10.7. The van der Waals surface area contributed by atoms with Gasteiger partial charge in [0.15, 0.2) is 11.6 Å². The number of hydrogen-bond acceptors (Lipinski definition) is 7. The highest BCUT2D eigenvalue weighted by atomic mass is 19.1. The monoisotopic (exact) mass is 476 g/mol. The predicted octanol–water partition coefficient (Wildman–Crippen LogP) is 3.57. The van der Waals surface area contributed by atoms with Gasteiger partial charge in [0.2, 0.25) is 0 Å². The number of aliphatic hydroxyl groups excluding tert-OH is 2. The summed E-state index contributed by atoms with van der Waals surface area (Å²) in [5, 5.41) is 20.4. The molecule has 2 N–H and O–H groups in total. The molecule has 1 amide bonds. The van der Waals surface area contributed by atoms with E-state index in [1.807, 2.05) is 0 Å². The Morgan fingerprint density at radius 3 is 2.71 bits per heavy atom.